The fourth-order valence-corrected chi connectivity index (χ4v) is 3.52. The molecule has 1 amide bonds. The van der Waals surface area contributed by atoms with Gasteiger partial charge < -0.3 is 9.90 Å². The lowest BCUT2D eigenvalue weighted by Crippen LogP contribution is -2.28. The van der Waals surface area contributed by atoms with Crippen molar-refractivity contribution in [1.29, 1.82) is 0 Å². The molecular weight excluding hydrogens is 360 g/mol. The maximum atomic E-state index is 12.6. The second-order valence-corrected chi connectivity index (χ2v) is 6.69. The number of aliphatic imine (C=N–C) groups is 1. The van der Waals surface area contributed by atoms with Crippen LogP contribution in [0.1, 0.15) is 22.8 Å². The third kappa shape index (κ3) is 4.54. The van der Waals surface area contributed by atoms with E-state index in [1.165, 1.54) is 23.9 Å². The molecule has 1 aliphatic heterocycles. The third-order valence-corrected chi connectivity index (χ3v) is 4.87. The lowest BCUT2D eigenvalue weighted by Gasteiger charge is -2.12. The van der Waals surface area contributed by atoms with Gasteiger partial charge in [0.1, 0.15) is 0 Å². The van der Waals surface area contributed by atoms with Gasteiger partial charge in [-0.2, -0.15) is 0 Å². The van der Waals surface area contributed by atoms with Gasteiger partial charge in [0, 0.05) is 6.54 Å². The Morgan fingerprint density at radius 2 is 1.96 bits per heavy atom. The zero-order valence-electron chi connectivity index (χ0n) is 14.7. The SMILES string of the molecule is CCN1C(=O)/C(=C\C=C\c2ccccc2)SC1=Nc1cccc(C(=O)[O-])c1. The number of thioether (sulfide) groups is 1. The monoisotopic (exact) mass is 377 g/mol. The van der Waals surface area contributed by atoms with Crippen molar-refractivity contribution >= 4 is 40.6 Å². The van der Waals surface area contributed by atoms with Crippen LogP contribution in [0, 0.1) is 0 Å². The number of allylic oxidation sites excluding steroid dienone is 2. The number of amides is 1. The van der Waals surface area contributed by atoms with Crippen molar-refractivity contribution in [2.75, 3.05) is 6.54 Å². The number of benzene rings is 2. The van der Waals surface area contributed by atoms with Crippen molar-refractivity contribution in [2.45, 2.75) is 6.92 Å². The molecule has 1 aliphatic rings. The van der Waals surface area contributed by atoms with E-state index in [9.17, 15) is 14.7 Å². The van der Waals surface area contributed by atoms with Gasteiger partial charge in [0.25, 0.3) is 5.91 Å². The maximum absolute atomic E-state index is 12.6. The van der Waals surface area contributed by atoms with Crippen LogP contribution in [0.25, 0.3) is 6.08 Å². The molecule has 5 nitrogen and oxygen atoms in total. The Labute approximate surface area is 161 Å². The molecule has 0 atom stereocenters. The standard InChI is InChI=1S/C21H18N2O3S/c1-2-23-19(24)18(13-6-10-15-8-4-3-5-9-15)27-21(23)22-17-12-7-11-16(14-17)20(25)26/h3-14H,2H2,1H3,(H,25,26)/p-1/b10-6+,18-13+,22-21?. The molecule has 0 aromatic heterocycles. The first kappa shape index (κ1) is 18.7. The molecular formula is C21H17N2O3S-. The molecule has 0 bridgehead atoms. The zero-order valence-corrected chi connectivity index (χ0v) is 15.5. The Kier molecular flexibility index (Phi) is 5.88. The number of rotatable bonds is 5. The highest BCUT2D eigenvalue weighted by Crippen LogP contribution is 2.32. The number of aromatic carboxylic acids is 1. The average Bonchev–Trinajstić information content (AvgIpc) is 2.97. The predicted octanol–water partition coefficient (Wildman–Crippen LogP) is 3.23. The Bertz CT molecular complexity index is 949. The van der Waals surface area contributed by atoms with Crippen molar-refractivity contribution in [1.82, 2.24) is 4.90 Å². The maximum Gasteiger partial charge on any atom is 0.266 e. The second-order valence-electron chi connectivity index (χ2n) is 5.68. The minimum absolute atomic E-state index is 0.0516. The Morgan fingerprint density at radius 1 is 1.19 bits per heavy atom. The molecule has 1 heterocycles. The number of likely N-dealkylation sites (N-methyl/N-ethyl adjacent to an activating group) is 1. The minimum Gasteiger partial charge on any atom is -0.545 e. The van der Waals surface area contributed by atoms with Crippen molar-refractivity contribution < 1.29 is 14.7 Å². The molecule has 136 valence electrons. The highest BCUT2D eigenvalue weighted by Gasteiger charge is 2.31. The van der Waals surface area contributed by atoms with Crippen LogP contribution in [0.5, 0.6) is 0 Å². The van der Waals surface area contributed by atoms with Crippen molar-refractivity contribution in [3.8, 4) is 0 Å². The molecule has 1 fully saturated rings. The summed E-state index contributed by atoms with van der Waals surface area (Å²) < 4.78 is 0. The summed E-state index contributed by atoms with van der Waals surface area (Å²) in [4.78, 5) is 30.2. The van der Waals surface area contributed by atoms with Crippen LogP contribution in [0.15, 0.2) is 76.6 Å². The largest absolute Gasteiger partial charge is 0.545 e. The summed E-state index contributed by atoms with van der Waals surface area (Å²) in [5, 5.41) is 11.5. The lowest BCUT2D eigenvalue weighted by molar-refractivity contribution is -0.255. The first-order valence-electron chi connectivity index (χ1n) is 8.41. The fraction of sp³-hybridized carbons (Fsp3) is 0.0952. The van der Waals surface area contributed by atoms with Crippen LogP contribution in [-0.4, -0.2) is 28.5 Å². The van der Waals surface area contributed by atoms with Gasteiger partial charge >= 0.3 is 0 Å². The van der Waals surface area contributed by atoms with Gasteiger partial charge in [-0.3, -0.25) is 9.69 Å². The van der Waals surface area contributed by atoms with E-state index in [0.717, 1.165) is 5.56 Å². The molecule has 3 rings (SSSR count). The van der Waals surface area contributed by atoms with Gasteiger partial charge in [-0.05, 0) is 48.0 Å². The van der Waals surface area contributed by atoms with Gasteiger partial charge in [0.05, 0.1) is 16.6 Å². The molecule has 1 saturated heterocycles. The van der Waals surface area contributed by atoms with E-state index in [0.29, 0.717) is 22.3 Å². The van der Waals surface area contributed by atoms with E-state index in [2.05, 4.69) is 4.99 Å². The smallest absolute Gasteiger partial charge is 0.266 e. The van der Waals surface area contributed by atoms with Crippen molar-refractivity contribution in [2.24, 2.45) is 4.99 Å². The number of hydrogen-bond acceptors (Lipinski definition) is 5. The van der Waals surface area contributed by atoms with E-state index in [-0.39, 0.29) is 11.5 Å². The average molecular weight is 377 g/mol. The molecule has 6 heteroatoms. The quantitative estimate of drug-likeness (QED) is 0.750. The van der Waals surface area contributed by atoms with Crippen LogP contribution in [-0.2, 0) is 4.79 Å². The van der Waals surface area contributed by atoms with Gasteiger partial charge in [-0.25, -0.2) is 4.99 Å². The van der Waals surface area contributed by atoms with Crippen molar-refractivity contribution in [3.05, 3.63) is 82.8 Å². The molecule has 0 unspecified atom stereocenters. The van der Waals surface area contributed by atoms with Crippen LogP contribution < -0.4 is 5.11 Å². The number of carboxylic acids is 1. The van der Waals surface area contributed by atoms with Crippen LogP contribution in [0.3, 0.4) is 0 Å². The van der Waals surface area contributed by atoms with Gasteiger partial charge in [0.2, 0.25) is 0 Å². The third-order valence-electron chi connectivity index (χ3n) is 3.85. The summed E-state index contributed by atoms with van der Waals surface area (Å²) in [5.74, 6) is -1.37. The van der Waals surface area contributed by atoms with E-state index >= 15 is 0 Å². The number of carboxylic acid groups (broad SMARTS) is 1. The molecule has 2 aromatic carbocycles. The molecule has 0 saturated carbocycles. The number of hydrogen-bond donors (Lipinski definition) is 0. The zero-order chi connectivity index (χ0) is 19.2. The van der Waals surface area contributed by atoms with Crippen molar-refractivity contribution in [3.63, 3.8) is 0 Å². The Hall–Kier alpha value is -3.12. The predicted molar refractivity (Wildman–Crippen MR) is 106 cm³/mol. The summed E-state index contributed by atoms with van der Waals surface area (Å²) >= 11 is 1.27. The Morgan fingerprint density at radius 3 is 2.67 bits per heavy atom. The van der Waals surface area contributed by atoms with Crippen LogP contribution in [0.4, 0.5) is 5.69 Å². The number of amidine groups is 1. The summed E-state index contributed by atoms with van der Waals surface area (Å²) in [6.45, 7) is 2.35. The minimum atomic E-state index is -1.26. The first-order valence-corrected chi connectivity index (χ1v) is 9.23. The highest BCUT2D eigenvalue weighted by molar-refractivity contribution is 8.18. The number of carbonyl (C=O) groups excluding carboxylic acids is 2. The van der Waals surface area contributed by atoms with Gasteiger partial charge in [0.15, 0.2) is 5.17 Å². The summed E-state index contributed by atoms with van der Waals surface area (Å²) in [7, 11) is 0. The molecule has 0 aliphatic carbocycles. The van der Waals surface area contributed by atoms with Gasteiger partial charge in [-0.1, -0.05) is 54.6 Å². The molecule has 27 heavy (non-hydrogen) atoms. The summed E-state index contributed by atoms with van der Waals surface area (Å²) in [6, 6.07) is 16.0. The van der Waals surface area contributed by atoms with E-state index < -0.39 is 5.97 Å². The van der Waals surface area contributed by atoms with Crippen LogP contribution in [0.2, 0.25) is 0 Å². The summed E-state index contributed by atoms with van der Waals surface area (Å²) in [5.41, 5.74) is 1.56. The van der Waals surface area contributed by atoms with E-state index in [1.807, 2.05) is 49.4 Å². The topological polar surface area (TPSA) is 72.8 Å². The van der Waals surface area contributed by atoms with Gasteiger partial charge in [-0.15, -0.1) is 0 Å². The molecule has 0 radical (unpaired) electrons. The first-order chi connectivity index (χ1) is 13.1. The van der Waals surface area contributed by atoms with E-state index in [1.54, 1.807) is 23.1 Å². The fourth-order valence-electron chi connectivity index (χ4n) is 2.51. The molecule has 0 spiro atoms. The lowest BCUT2D eigenvalue weighted by atomic mass is 10.2. The molecule has 2 aromatic rings. The number of carbonyl (C=O) groups is 2. The normalized spacial score (nSPS) is 17.4. The van der Waals surface area contributed by atoms with Crippen LogP contribution >= 0.6 is 11.8 Å². The second kappa shape index (κ2) is 8.51. The summed E-state index contributed by atoms with van der Waals surface area (Å²) in [6.07, 6.45) is 5.53. The Balaban J connectivity index is 1.84. The van der Waals surface area contributed by atoms with E-state index in [4.69, 9.17) is 0 Å². The number of nitrogens with zero attached hydrogens (tertiary/aromatic N) is 2. The highest BCUT2D eigenvalue weighted by atomic mass is 32.2. The molecule has 0 N–H and O–H groups in total.